The molecule has 2 aromatic rings. The zero-order chi connectivity index (χ0) is 21.1. The van der Waals surface area contributed by atoms with Crippen molar-refractivity contribution in [1.82, 2.24) is 15.8 Å². The number of aliphatic imine (C=N–C) groups is 1. The van der Waals surface area contributed by atoms with E-state index in [0.717, 1.165) is 73.4 Å². The molecular weight excluding hydrogens is 368 g/mol. The van der Waals surface area contributed by atoms with Crippen molar-refractivity contribution in [2.75, 3.05) is 33.4 Å². The molecule has 0 saturated carbocycles. The quantitative estimate of drug-likeness (QED) is 0.340. The molecule has 0 aliphatic rings. The summed E-state index contributed by atoms with van der Waals surface area (Å²) in [5, 5.41) is 10.7. The first kappa shape index (κ1) is 22.6. The Morgan fingerprint density at radius 2 is 1.97 bits per heavy atom. The minimum atomic E-state index is 0.621. The first-order chi connectivity index (χ1) is 14.1. The minimum Gasteiger partial charge on any atom is -0.493 e. The van der Waals surface area contributed by atoms with E-state index in [0.29, 0.717) is 6.61 Å². The molecule has 1 heterocycles. The molecule has 1 aromatic carbocycles. The summed E-state index contributed by atoms with van der Waals surface area (Å²) in [7, 11) is 1.66. The Bertz CT molecular complexity index is 767. The average molecular weight is 403 g/mol. The van der Waals surface area contributed by atoms with Crippen molar-refractivity contribution in [3.8, 4) is 11.5 Å². The van der Waals surface area contributed by atoms with Crippen molar-refractivity contribution >= 4 is 5.96 Å². The molecule has 0 saturated heterocycles. The van der Waals surface area contributed by atoms with Gasteiger partial charge in [0.1, 0.15) is 5.76 Å². The Morgan fingerprint density at radius 1 is 1.14 bits per heavy atom. The van der Waals surface area contributed by atoms with Crippen LogP contribution in [0.5, 0.6) is 11.5 Å². The highest BCUT2D eigenvalue weighted by atomic mass is 16.5. The van der Waals surface area contributed by atoms with Gasteiger partial charge in [0.25, 0.3) is 0 Å². The van der Waals surface area contributed by atoms with Crippen LogP contribution >= 0.6 is 0 Å². The Hall–Kier alpha value is -2.70. The number of aryl methyl sites for hydroxylation is 3. The molecule has 1 aromatic heterocycles. The zero-order valence-corrected chi connectivity index (χ0v) is 18.3. The number of nitrogens with zero attached hydrogens (tertiary/aromatic N) is 2. The molecule has 0 spiro atoms. The largest absolute Gasteiger partial charge is 0.493 e. The lowest BCUT2D eigenvalue weighted by molar-refractivity contribution is 0.310. The van der Waals surface area contributed by atoms with Crippen molar-refractivity contribution in [1.29, 1.82) is 0 Å². The highest BCUT2D eigenvalue weighted by molar-refractivity contribution is 5.79. The van der Waals surface area contributed by atoms with Crippen LogP contribution in [-0.2, 0) is 12.8 Å². The van der Waals surface area contributed by atoms with Crippen molar-refractivity contribution in [2.24, 2.45) is 4.99 Å². The molecule has 7 heteroatoms. The lowest BCUT2D eigenvalue weighted by Gasteiger charge is -2.12. The fraction of sp³-hybridized carbons (Fsp3) is 0.545. The van der Waals surface area contributed by atoms with Gasteiger partial charge in [-0.1, -0.05) is 11.2 Å². The van der Waals surface area contributed by atoms with E-state index in [-0.39, 0.29) is 0 Å². The monoisotopic (exact) mass is 402 g/mol. The summed E-state index contributed by atoms with van der Waals surface area (Å²) >= 11 is 0. The highest BCUT2D eigenvalue weighted by Crippen LogP contribution is 2.28. The number of hydrogen-bond acceptors (Lipinski definition) is 5. The summed E-state index contributed by atoms with van der Waals surface area (Å²) in [5.74, 6) is 3.29. The highest BCUT2D eigenvalue weighted by Gasteiger charge is 2.09. The Kier molecular flexibility index (Phi) is 9.34. The van der Waals surface area contributed by atoms with E-state index in [1.165, 1.54) is 5.56 Å². The van der Waals surface area contributed by atoms with Crippen molar-refractivity contribution in [3.05, 3.63) is 40.8 Å². The van der Waals surface area contributed by atoms with Crippen LogP contribution in [0.15, 0.2) is 27.7 Å². The predicted molar refractivity (Wildman–Crippen MR) is 116 cm³/mol. The van der Waals surface area contributed by atoms with Crippen molar-refractivity contribution in [2.45, 2.75) is 47.0 Å². The Balaban J connectivity index is 1.83. The molecule has 160 valence electrons. The van der Waals surface area contributed by atoms with E-state index in [2.05, 4.69) is 39.8 Å². The molecule has 7 nitrogen and oxygen atoms in total. The van der Waals surface area contributed by atoms with Crippen molar-refractivity contribution in [3.63, 3.8) is 0 Å². The molecule has 0 aliphatic heterocycles. The van der Waals surface area contributed by atoms with Gasteiger partial charge < -0.3 is 24.6 Å². The maximum absolute atomic E-state index is 5.65. The third kappa shape index (κ3) is 7.00. The number of aromatic nitrogens is 1. The maximum Gasteiger partial charge on any atom is 0.191 e. The number of nitrogens with one attached hydrogen (secondary N) is 2. The predicted octanol–water partition coefficient (Wildman–Crippen LogP) is 3.43. The molecule has 2 rings (SSSR count). The molecular formula is C22H34N4O3. The van der Waals surface area contributed by atoms with Crippen LogP contribution in [0.3, 0.4) is 0 Å². The van der Waals surface area contributed by atoms with Gasteiger partial charge >= 0.3 is 0 Å². The number of methoxy groups -OCH3 is 1. The summed E-state index contributed by atoms with van der Waals surface area (Å²) < 4.78 is 16.2. The van der Waals surface area contributed by atoms with E-state index in [9.17, 15) is 0 Å². The van der Waals surface area contributed by atoms with Crippen LogP contribution in [0.1, 0.15) is 42.8 Å². The van der Waals surface area contributed by atoms with E-state index in [1.807, 2.05) is 26.8 Å². The zero-order valence-electron chi connectivity index (χ0n) is 18.3. The summed E-state index contributed by atoms with van der Waals surface area (Å²) in [6.45, 7) is 10.9. The summed E-state index contributed by atoms with van der Waals surface area (Å²) in [4.78, 5) is 4.68. The van der Waals surface area contributed by atoms with Gasteiger partial charge in [-0.2, -0.15) is 0 Å². The van der Waals surface area contributed by atoms with Gasteiger partial charge in [0.05, 0.1) is 19.4 Å². The fourth-order valence-corrected chi connectivity index (χ4v) is 3.13. The lowest BCUT2D eigenvalue weighted by atomic mass is 10.1. The standard InChI is InChI=1S/C22H34N4O3/c1-6-23-22(25-14-12-19-16(3)26-29-17(19)4)24-13-8-9-18-10-11-20(27-5)21(15-18)28-7-2/h10-11,15H,6-9,12-14H2,1-5H3,(H2,23,24,25). The first-order valence-corrected chi connectivity index (χ1v) is 10.3. The fourth-order valence-electron chi connectivity index (χ4n) is 3.13. The topological polar surface area (TPSA) is 80.9 Å². The third-order valence-electron chi connectivity index (χ3n) is 4.61. The van der Waals surface area contributed by atoms with Gasteiger partial charge in [-0.05, 0) is 64.7 Å². The second-order valence-corrected chi connectivity index (χ2v) is 6.76. The van der Waals surface area contributed by atoms with Gasteiger partial charge in [0, 0.05) is 25.2 Å². The third-order valence-corrected chi connectivity index (χ3v) is 4.61. The molecule has 0 radical (unpaired) electrons. The molecule has 0 amide bonds. The molecule has 0 fully saturated rings. The SMILES string of the molecule is CCNC(=NCCCc1ccc(OC)c(OCC)c1)NCCc1c(C)noc1C. The van der Waals surface area contributed by atoms with Crippen LogP contribution in [0.4, 0.5) is 0 Å². The maximum atomic E-state index is 5.65. The second kappa shape index (κ2) is 12.0. The lowest BCUT2D eigenvalue weighted by Crippen LogP contribution is -2.38. The summed E-state index contributed by atoms with van der Waals surface area (Å²) in [5.41, 5.74) is 3.34. The van der Waals surface area contributed by atoms with E-state index < -0.39 is 0 Å². The van der Waals surface area contributed by atoms with Gasteiger partial charge in [-0.25, -0.2) is 0 Å². The number of rotatable bonds is 11. The van der Waals surface area contributed by atoms with Gasteiger partial charge in [0.15, 0.2) is 17.5 Å². The number of hydrogen-bond donors (Lipinski definition) is 2. The molecule has 0 aliphatic carbocycles. The number of ether oxygens (including phenoxy) is 2. The van der Waals surface area contributed by atoms with Crippen LogP contribution in [-0.4, -0.2) is 44.5 Å². The summed E-state index contributed by atoms with van der Waals surface area (Å²) in [6, 6.07) is 6.10. The first-order valence-electron chi connectivity index (χ1n) is 10.3. The molecule has 29 heavy (non-hydrogen) atoms. The smallest absolute Gasteiger partial charge is 0.191 e. The number of benzene rings is 1. The molecule has 2 N–H and O–H groups in total. The van der Waals surface area contributed by atoms with E-state index >= 15 is 0 Å². The molecule has 0 bridgehead atoms. The second-order valence-electron chi connectivity index (χ2n) is 6.76. The van der Waals surface area contributed by atoms with Crippen LogP contribution < -0.4 is 20.1 Å². The number of guanidine groups is 1. The normalized spacial score (nSPS) is 11.4. The Morgan fingerprint density at radius 3 is 2.62 bits per heavy atom. The van der Waals surface area contributed by atoms with Crippen LogP contribution in [0.2, 0.25) is 0 Å². The van der Waals surface area contributed by atoms with E-state index in [1.54, 1.807) is 7.11 Å². The van der Waals surface area contributed by atoms with Crippen LogP contribution in [0.25, 0.3) is 0 Å². The molecule has 0 unspecified atom stereocenters. The van der Waals surface area contributed by atoms with Gasteiger partial charge in [-0.15, -0.1) is 0 Å². The molecule has 0 atom stereocenters. The minimum absolute atomic E-state index is 0.621. The summed E-state index contributed by atoms with van der Waals surface area (Å²) in [6.07, 6.45) is 2.75. The Labute approximate surface area is 173 Å². The van der Waals surface area contributed by atoms with E-state index in [4.69, 9.17) is 14.0 Å². The average Bonchev–Trinajstić information content (AvgIpc) is 3.03. The van der Waals surface area contributed by atoms with Crippen LogP contribution in [0, 0.1) is 13.8 Å². The van der Waals surface area contributed by atoms with Crippen molar-refractivity contribution < 1.29 is 14.0 Å². The van der Waals surface area contributed by atoms with Gasteiger partial charge in [0.2, 0.25) is 0 Å². The van der Waals surface area contributed by atoms with Gasteiger partial charge in [-0.3, -0.25) is 4.99 Å².